The number of rotatable bonds is 5. The van der Waals surface area contributed by atoms with Crippen LogP contribution in [0, 0.1) is 0 Å². The fourth-order valence-corrected chi connectivity index (χ4v) is 2.12. The molecule has 0 fully saturated rings. The van der Waals surface area contributed by atoms with E-state index in [-0.39, 0.29) is 24.4 Å². The molecule has 0 saturated heterocycles. The van der Waals surface area contributed by atoms with Gasteiger partial charge in [0.1, 0.15) is 12.4 Å². The summed E-state index contributed by atoms with van der Waals surface area (Å²) in [4.78, 5) is 18.0. The van der Waals surface area contributed by atoms with Gasteiger partial charge in [-0.25, -0.2) is 9.78 Å². The van der Waals surface area contributed by atoms with Crippen molar-refractivity contribution in [1.82, 2.24) is 9.97 Å². The first kappa shape index (κ1) is 16.9. The average molecular weight is 302 g/mol. The summed E-state index contributed by atoms with van der Waals surface area (Å²) >= 11 is 0. The van der Waals surface area contributed by atoms with E-state index in [9.17, 15) is 4.79 Å². The number of aromatic amines is 1. The van der Waals surface area contributed by atoms with Crippen LogP contribution in [0.3, 0.4) is 0 Å². The Labute approximate surface area is 145 Å². The summed E-state index contributed by atoms with van der Waals surface area (Å²) in [6, 6.07) is 14.3. The Bertz CT molecular complexity index is 771. The number of benzene rings is 2. The standard InChI is InChI=1S/C17H14N2O3.Li.H/c20-17(21)13-7-5-12(6-8-13)10-22-16-4-2-1-3-14(16)15-9-18-11-19-15;;/h1-9,11H,10H2,(H,18,19)(H,20,21);;. The second kappa shape index (κ2) is 7.68. The number of aromatic nitrogens is 2. The van der Waals surface area contributed by atoms with Gasteiger partial charge in [-0.15, -0.1) is 0 Å². The first-order valence-corrected chi connectivity index (χ1v) is 6.77. The second-order valence-electron chi connectivity index (χ2n) is 4.74. The van der Waals surface area contributed by atoms with Gasteiger partial charge >= 0.3 is 24.8 Å². The summed E-state index contributed by atoms with van der Waals surface area (Å²) in [5.41, 5.74) is 2.89. The summed E-state index contributed by atoms with van der Waals surface area (Å²) in [6.45, 7) is 0.362. The van der Waals surface area contributed by atoms with Crippen molar-refractivity contribution in [2.24, 2.45) is 0 Å². The third-order valence-corrected chi connectivity index (χ3v) is 3.26. The Morgan fingerprint density at radius 3 is 2.52 bits per heavy atom. The van der Waals surface area contributed by atoms with Gasteiger partial charge in [0.2, 0.25) is 0 Å². The molecule has 0 aliphatic carbocycles. The zero-order chi connectivity index (χ0) is 15.4. The fraction of sp³-hybridized carbons (Fsp3) is 0.0588. The van der Waals surface area contributed by atoms with Crippen LogP contribution in [0.4, 0.5) is 0 Å². The van der Waals surface area contributed by atoms with Crippen LogP contribution in [0.5, 0.6) is 5.75 Å². The van der Waals surface area contributed by atoms with E-state index in [2.05, 4.69) is 9.97 Å². The Morgan fingerprint density at radius 2 is 1.87 bits per heavy atom. The second-order valence-corrected chi connectivity index (χ2v) is 4.74. The molecule has 6 heteroatoms. The minimum atomic E-state index is -0.934. The quantitative estimate of drug-likeness (QED) is 0.711. The molecule has 0 aliphatic heterocycles. The SMILES string of the molecule is O=C(O)c1ccc(COc2ccccc2-c2c[nH]cn2)cc1.[LiH]. The molecular formula is C17H15LiN2O3. The number of ether oxygens (including phenoxy) is 1. The average Bonchev–Trinajstić information content (AvgIpc) is 3.08. The van der Waals surface area contributed by atoms with Crippen molar-refractivity contribution in [3.63, 3.8) is 0 Å². The van der Waals surface area contributed by atoms with Gasteiger partial charge < -0.3 is 14.8 Å². The number of nitrogens with one attached hydrogen (secondary N) is 1. The van der Waals surface area contributed by atoms with E-state index in [0.29, 0.717) is 6.61 Å². The summed E-state index contributed by atoms with van der Waals surface area (Å²) < 4.78 is 5.85. The van der Waals surface area contributed by atoms with Crippen LogP contribution in [0.2, 0.25) is 0 Å². The molecule has 0 unspecified atom stereocenters. The van der Waals surface area contributed by atoms with Crippen molar-refractivity contribution in [3.05, 3.63) is 72.2 Å². The van der Waals surface area contributed by atoms with Gasteiger partial charge in [-0.1, -0.05) is 24.3 Å². The molecule has 0 amide bonds. The molecule has 3 aromatic rings. The van der Waals surface area contributed by atoms with E-state index in [1.54, 1.807) is 30.6 Å². The molecule has 0 radical (unpaired) electrons. The number of carboxylic acid groups (broad SMARTS) is 1. The van der Waals surface area contributed by atoms with E-state index < -0.39 is 5.97 Å². The van der Waals surface area contributed by atoms with Crippen molar-refractivity contribution in [2.45, 2.75) is 6.61 Å². The Balaban J connectivity index is 0.00000192. The zero-order valence-corrected chi connectivity index (χ0v) is 11.7. The van der Waals surface area contributed by atoms with Crippen LogP contribution in [0.25, 0.3) is 11.3 Å². The van der Waals surface area contributed by atoms with Crippen LogP contribution >= 0.6 is 0 Å². The van der Waals surface area contributed by atoms with E-state index >= 15 is 0 Å². The molecular weight excluding hydrogens is 287 g/mol. The molecule has 1 aromatic heterocycles. The fourth-order valence-electron chi connectivity index (χ4n) is 2.12. The van der Waals surface area contributed by atoms with Crippen LogP contribution in [-0.2, 0) is 6.61 Å². The molecule has 2 aromatic carbocycles. The third kappa shape index (κ3) is 4.04. The van der Waals surface area contributed by atoms with E-state index in [1.165, 1.54) is 0 Å². The van der Waals surface area contributed by atoms with Crippen LogP contribution in [0.1, 0.15) is 15.9 Å². The molecule has 0 spiro atoms. The van der Waals surface area contributed by atoms with Gasteiger partial charge in [-0.05, 0) is 29.8 Å². The number of para-hydroxylation sites is 1. The molecule has 5 nitrogen and oxygen atoms in total. The Hall–Kier alpha value is -2.48. The number of nitrogens with zero attached hydrogens (tertiary/aromatic N) is 1. The van der Waals surface area contributed by atoms with Crippen LogP contribution < -0.4 is 4.74 Å². The Kier molecular flexibility index (Phi) is 5.64. The van der Waals surface area contributed by atoms with E-state index in [0.717, 1.165) is 22.6 Å². The van der Waals surface area contributed by atoms with Crippen molar-refractivity contribution in [1.29, 1.82) is 0 Å². The summed E-state index contributed by atoms with van der Waals surface area (Å²) in [5.74, 6) is -0.201. The van der Waals surface area contributed by atoms with Crippen molar-refractivity contribution >= 4 is 24.8 Å². The molecule has 0 aliphatic rings. The molecule has 0 atom stereocenters. The third-order valence-electron chi connectivity index (χ3n) is 3.26. The first-order chi connectivity index (χ1) is 10.7. The first-order valence-electron chi connectivity index (χ1n) is 6.77. The van der Waals surface area contributed by atoms with Crippen molar-refractivity contribution in [2.75, 3.05) is 0 Å². The summed E-state index contributed by atoms with van der Waals surface area (Å²) in [5, 5.41) is 8.88. The number of aromatic carboxylic acids is 1. The molecule has 23 heavy (non-hydrogen) atoms. The normalized spacial score (nSPS) is 9.91. The number of H-pyrrole nitrogens is 1. The molecule has 2 N–H and O–H groups in total. The minimum absolute atomic E-state index is 0. The van der Waals surface area contributed by atoms with Gasteiger partial charge in [-0.2, -0.15) is 0 Å². The number of carboxylic acids is 1. The number of imidazole rings is 1. The monoisotopic (exact) mass is 302 g/mol. The van der Waals surface area contributed by atoms with Gasteiger partial charge in [0.25, 0.3) is 0 Å². The maximum absolute atomic E-state index is 10.8. The molecule has 0 bridgehead atoms. The van der Waals surface area contributed by atoms with Crippen LogP contribution in [-0.4, -0.2) is 39.9 Å². The van der Waals surface area contributed by atoms with Gasteiger partial charge in [0, 0.05) is 11.8 Å². The Morgan fingerprint density at radius 1 is 1.13 bits per heavy atom. The summed E-state index contributed by atoms with van der Waals surface area (Å²) in [7, 11) is 0. The summed E-state index contributed by atoms with van der Waals surface area (Å²) in [6.07, 6.45) is 3.43. The maximum atomic E-state index is 10.8. The topological polar surface area (TPSA) is 75.2 Å². The van der Waals surface area contributed by atoms with Gasteiger partial charge in [0.15, 0.2) is 0 Å². The molecule has 112 valence electrons. The van der Waals surface area contributed by atoms with Crippen LogP contribution in [0.15, 0.2) is 61.1 Å². The van der Waals surface area contributed by atoms with E-state index in [4.69, 9.17) is 9.84 Å². The van der Waals surface area contributed by atoms with Crippen molar-refractivity contribution in [3.8, 4) is 17.0 Å². The zero-order valence-electron chi connectivity index (χ0n) is 11.7. The number of hydrogen-bond donors (Lipinski definition) is 2. The molecule has 3 rings (SSSR count). The van der Waals surface area contributed by atoms with Gasteiger partial charge in [0.05, 0.1) is 17.6 Å². The predicted octanol–water partition coefficient (Wildman–Crippen LogP) is 2.71. The molecule has 0 saturated carbocycles. The number of carbonyl (C=O) groups is 1. The van der Waals surface area contributed by atoms with Gasteiger partial charge in [-0.3, -0.25) is 0 Å². The predicted molar refractivity (Wildman–Crippen MR) is 88.9 cm³/mol. The number of hydrogen-bond acceptors (Lipinski definition) is 3. The molecule has 1 heterocycles. The van der Waals surface area contributed by atoms with E-state index in [1.807, 2.05) is 30.5 Å². The van der Waals surface area contributed by atoms with Crippen molar-refractivity contribution < 1.29 is 14.6 Å².